The highest BCUT2D eigenvalue weighted by Crippen LogP contribution is 2.19. The lowest BCUT2D eigenvalue weighted by Gasteiger charge is -2.09. The zero-order valence-electron chi connectivity index (χ0n) is 15.8. The van der Waals surface area contributed by atoms with Gasteiger partial charge in [0, 0.05) is 29.0 Å². The third kappa shape index (κ3) is 6.15. The monoisotopic (exact) mass is 393 g/mol. The van der Waals surface area contributed by atoms with Crippen molar-refractivity contribution >= 4 is 23.4 Å². The van der Waals surface area contributed by atoms with Gasteiger partial charge in [-0.15, -0.1) is 11.8 Å². The highest BCUT2D eigenvalue weighted by molar-refractivity contribution is 7.99. The first kappa shape index (κ1) is 20.0. The minimum Gasteiger partial charge on any atom is -0.493 e. The topological polar surface area (TPSA) is 47.6 Å². The normalized spacial score (nSPS) is 10.5. The van der Waals surface area contributed by atoms with Crippen LogP contribution < -0.4 is 10.1 Å². The second-order valence-electron chi connectivity index (χ2n) is 6.12. The molecule has 0 saturated carbocycles. The van der Waals surface area contributed by atoms with Crippen molar-refractivity contribution in [2.24, 2.45) is 0 Å². The van der Waals surface area contributed by atoms with E-state index in [4.69, 9.17) is 9.47 Å². The summed E-state index contributed by atoms with van der Waals surface area (Å²) in [4.78, 5) is 13.7. The van der Waals surface area contributed by atoms with E-state index in [1.807, 2.05) is 54.6 Å². The van der Waals surface area contributed by atoms with E-state index in [9.17, 15) is 4.79 Å². The number of hydrogen-bond donors (Lipinski definition) is 1. The van der Waals surface area contributed by atoms with Crippen molar-refractivity contribution in [2.45, 2.75) is 11.5 Å². The van der Waals surface area contributed by atoms with Crippen molar-refractivity contribution in [3.63, 3.8) is 0 Å². The number of thioether (sulfide) groups is 1. The van der Waals surface area contributed by atoms with Crippen LogP contribution in [0, 0.1) is 0 Å². The second kappa shape index (κ2) is 10.5. The van der Waals surface area contributed by atoms with Gasteiger partial charge in [-0.25, -0.2) is 0 Å². The third-order valence-electron chi connectivity index (χ3n) is 3.98. The van der Waals surface area contributed by atoms with E-state index in [2.05, 4.69) is 17.4 Å². The van der Waals surface area contributed by atoms with E-state index in [-0.39, 0.29) is 5.91 Å². The van der Waals surface area contributed by atoms with Gasteiger partial charge >= 0.3 is 0 Å². The van der Waals surface area contributed by atoms with Gasteiger partial charge < -0.3 is 14.8 Å². The molecule has 0 aliphatic rings. The molecule has 0 heterocycles. The largest absolute Gasteiger partial charge is 0.493 e. The van der Waals surface area contributed by atoms with Crippen LogP contribution in [0.5, 0.6) is 5.75 Å². The molecule has 144 valence electrons. The summed E-state index contributed by atoms with van der Waals surface area (Å²) in [6, 6.07) is 25.1. The van der Waals surface area contributed by atoms with Crippen molar-refractivity contribution in [3.05, 3.63) is 90.0 Å². The predicted octanol–water partition coefficient (Wildman–Crippen LogP) is 5.26. The van der Waals surface area contributed by atoms with Gasteiger partial charge in [0.2, 0.25) is 0 Å². The van der Waals surface area contributed by atoms with Gasteiger partial charge in [0.1, 0.15) is 5.75 Å². The molecular formula is C23H23NO3S. The van der Waals surface area contributed by atoms with Crippen molar-refractivity contribution in [3.8, 4) is 5.75 Å². The first-order valence-electron chi connectivity index (χ1n) is 9.04. The molecule has 28 heavy (non-hydrogen) atoms. The Morgan fingerprint density at radius 2 is 1.75 bits per heavy atom. The van der Waals surface area contributed by atoms with Gasteiger partial charge in [-0.05, 0) is 54.1 Å². The number of carbonyl (C=O) groups excluding carboxylic acids is 1. The van der Waals surface area contributed by atoms with Crippen LogP contribution in [-0.4, -0.2) is 25.4 Å². The summed E-state index contributed by atoms with van der Waals surface area (Å²) >= 11 is 1.76. The SMILES string of the molecule is COCc1cccc(NC(=O)c2ccc(OCCSc3ccccc3)cc2)c1. The lowest BCUT2D eigenvalue weighted by Crippen LogP contribution is -2.12. The van der Waals surface area contributed by atoms with E-state index >= 15 is 0 Å². The van der Waals surface area contributed by atoms with Gasteiger partial charge in [-0.3, -0.25) is 4.79 Å². The molecule has 0 atom stereocenters. The zero-order chi connectivity index (χ0) is 19.6. The molecule has 5 heteroatoms. The standard InChI is InChI=1S/C23H23NO3S/c1-26-17-18-6-5-7-20(16-18)24-23(25)19-10-12-21(13-11-19)27-14-15-28-22-8-3-2-4-9-22/h2-13,16H,14-15,17H2,1H3,(H,24,25). The summed E-state index contributed by atoms with van der Waals surface area (Å²) in [7, 11) is 1.65. The molecule has 0 aliphatic heterocycles. The van der Waals surface area contributed by atoms with Crippen molar-refractivity contribution in [2.75, 3.05) is 24.8 Å². The van der Waals surface area contributed by atoms with Crippen LogP contribution >= 0.6 is 11.8 Å². The molecule has 0 radical (unpaired) electrons. The van der Waals surface area contributed by atoms with Gasteiger partial charge in [-0.1, -0.05) is 30.3 Å². The van der Waals surface area contributed by atoms with Gasteiger partial charge in [-0.2, -0.15) is 0 Å². The van der Waals surface area contributed by atoms with Crippen molar-refractivity contribution in [1.82, 2.24) is 0 Å². The summed E-state index contributed by atoms with van der Waals surface area (Å²) in [5.41, 5.74) is 2.35. The van der Waals surface area contributed by atoms with Crippen molar-refractivity contribution < 1.29 is 14.3 Å². The fourth-order valence-corrected chi connectivity index (χ4v) is 3.40. The summed E-state index contributed by atoms with van der Waals surface area (Å²) in [5.74, 6) is 1.47. The Labute approximate surface area is 169 Å². The minimum absolute atomic E-state index is 0.152. The third-order valence-corrected chi connectivity index (χ3v) is 4.95. The molecule has 1 N–H and O–H groups in total. The quantitative estimate of drug-likeness (QED) is 0.398. The molecule has 3 rings (SSSR count). The first-order chi connectivity index (χ1) is 13.7. The van der Waals surface area contributed by atoms with Crippen LogP contribution in [0.4, 0.5) is 5.69 Å². The molecule has 4 nitrogen and oxygen atoms in total. The Hall–Kier alpha value is -2.76. The van der Waals surface area contributed by atoms with E-state index in [0.717, 1.165) is 22.8 Å². The first-order valence-corrected chi connectivity index (χ1v) is 10.0. The number of ether oxygens (including phenoxy) is 2. The lowest BCUT2D eigenvalue weighted by molar-refractivity contribution is 0.102. The number of rotatable bonds is 9. The molecule has 0 spiro atoms. The minimum atomic E-state index is -0.152. The Morgan fingerprint density at radius 3 is 2.50 bits per heavy atom. The molecule has 3 aromatic carbocycles. The van der Waals surface area contributed by atoms with E-state index < -0.39 is 0 Å². The molecule has 3 aromatic rings. The van der Waals surface area contributed by atoms with Crippen LogP contribution in [0.15, 0.2) is 83.8 Å². The average molecular weight is 394 g/mol. The second-order valence-corrected chi connectivity index (χ2v) is 7.29. The molecular weight excluding hydrogens is 370 g/mol. The smallest absolute Gasteiger partial charge is 0.255 e. The summed E-state index contributed by atoms with van der Waals surface area (Å²) in [6.45, 7) is 1.12. The predicted molar refractivity (Wildman–Crippen MR) is 114 cm³/mol. The maximum atomic E-state index is 12.4. The molecule has 0 aliphatic carbocycles. The number of hydrogen-bond acceptors (Lipinski definition) is 4. The summed E-state index contributed by atoms with van der Waals surface area (Å²) < 4.78 is 10.9. The van der Waals surface area contributed by atoms with E-state index in [1.165, 1.54) is 4.90 Å². The van der Waals surface area contributed by atoms with Crippen LogP contribution in [0.1, 0.15) is 15.9 Å². The summed E-state index contributed by atoms with van der Waals surface area (Å²) in [6.07, 6.45) is 0. The Balaban J connectivity index is 1.48. The summed E-state index contributed by atoms with van der Waals surface area (Å²) in [5, 5.41) is 2.91. The van der Waals surface area contributed by atoms with Gasteiger partial charge in [0.05, 0.1) is 13.2 Å². The zero-order valence-corrected chi connectivity index (χ0v) is 16.6. The number of anilines is 1. The van der Waals surface area contributed by atoms with Crippen LogP contribution in [0.3, 0.4) is 0 Å². The highest BCUT2D eigenvalue weighted by Gasteiger charge is 2.07. The average Bonchev–Trinajstić information content (AvgIpc) is 2.73. The maximum absolute atomic E-state index is 12.4. The maximum Gasteiger partial charge on any atom is 0.255 e. The fourth-order valence-electron chi connectivity index (χ4n) is 2.65. The number of amides is 1. The van der Waals surface area contributed by atoms with Crippen LogP contribution in [0.25, 0.3) is 0 Å². The molecule has 0 aromatic heterocycles. The Kier molecular flexibility index (Phi) is 7.53. The number of nitrogens with one attached hydrogen (secondary N) is 1. The van der Waals surface area contributed by atoms with E-state index in [0.29, 0.717) is 18.8 Å². The highest BCUT2D eigenvalue weighted by atomic mass is 32.2. The van der Waals surface area contributed by atoms with Gasteiger partial charge in [0.15, 0.2) is 0 Å². The fraction of sp³-hybridized carbons (Fsp3) is 0.174. The molecule has 1 amide bonds. The molecule has 0 saturated heterocycles. The number of methoxy groups -OCH3 is 1. The molecule has 0 fully saturated rings. The van der Waals surface area contributed by atoms with Crippen molar-refractivity contribution in [1.29, 1.82) is 0 Å². The van der Waals surface area contributed by atoms with Gasteiger partial charge in [0.25, 0.3) is 5.91 Å². The molecule has 0 bridgehead atoms. The Morgan fingerprint density at radius 1 is 0.964 bits per heavy atom. The van der Waals surface area contributed by atoms with Crippen LogP contribution in [-0.2, 0) is 11.3 Å². The lowest BCUT2D eigenvalue weighted by atomic mass is 10.1. The number of benzene rings is 3. The van der Waals surface area contributed by atoms with Crippen LogP contribution in [0.2, 0.25) is 0 Å². The Bertz CT molecular complexity index is 882. The van der Waals surface area contributed by atoms with E-state index in [1.54, 1.807) is 31.0 Å². The number of carbonyl (C=O) groups is 1. The molecule has 0 unspecified atom stereocenters.